The van der Waals surface area contributed by atoms with Gasteiger partial charge in [0.2, 0.25) is 5.56 Å². The fraction of sp³-hybridized carbons (Fsp3) is 0.583. The van der Waals surface area contributed by atoms with Crippen molar-refractivity contribution in [3.8, 4) is 0 Å². The molecule has 0 bridgehead atoms. The van der Waals surface area contributed by atoms with Crippen LogP contribution in [0.15, 0.2) is 23.1 Å². The molecule has 90 valence electrons. The molecule has 0 aliphatic heterocycles. The van der Waals surface area contributed by atoms with Crippen LogP contribution >= 0.6 is 0 Å². The third kappa shape index (κ3) is 5.09. The maximum atomic E-state index is 11.1. The summed E-state index contributed by atoms with van der Waals surface area (Å²) in [6.07, 6.45) is 1.69. The van der Waals surface area contributed by atoms with Crippen LogP contribution in [0.4, 0.5) is 0 Å². The number of aromatic amines is 1. The summed E-state index contributed by atoms with van der Waals surface area (Å²) in [7, 11) is 2.06. The highest BCUT2D eigenvalue weighted by atomic mass is 16.1. The van der Waals surface area contributed by atoms with Crippen LogP contribution in [0.2, 0.25) is 0 Å². The highest BCUT2D eigenvalue weighted by Gasteiger charge is 2.01. The number of hydrogen-bond acceptors (Lipinski definition) is 3. The number of rotatable bonds is 6. The van der Waals surface area contributed by atoms with Crippen LogP contribution in [0.5, 0.6) is 0 Å². The average molecular weight is 223 g/mol. The minimum atomic E-state index is -0.0359. The molecule has 0 aliphatic rings. The highest BCUT2D eigenvalue weighted by Crippen LogP contribution is 1.97. The Labute approximate surface area is 96.7 Å². The molecular formula is C12H21N3O. The van der Waals surface area contributed by atoms with E-state index in [4.69, 9.17) is 0 Å². The summed E-state index contributed by atoms with van der Waals surface area (Å²) in [4.78, 5) is 15.9. The smallest absolute Gasteiger partial charge is 0.248 e. The second kappa shape index (κ2) is 6.45. The van der Waals surface area contributed by atoms with Gasteiger partial charge >= 0.3 is 0 Å². The molecule has 0 radical (unpaired) electrons. The number of nitrogens with one attached hydrogen (secondary N) is 2. The van der Waals surface area contributed by atoms with E-state index in [1.54, 1.807) is 12.3 Å². The standard InChI is InChI=1S/C12H21N3O/c1-10(2)13-6-7-15(3)9-11-4-5-14-12(16)8-11/h4-5,8,10,13H,6-7,9H2,1-3H3,(H,14,16). The molecule has 4 nitrogen and oxygen atoms in total. The van der Waals surface area contributed by atoms with E-state index in [1.807, 2.05) is 6.07 Å². The predicted octanol–water partition coefficient (Wildman–Crippen LogP) is 0.805. The maximum Gasteiger partial charge on any atom is 0.248 e. The predicted molar refractivity (Wildman–Crippen MR) is 66.5 cm³/mol. The molecule has 1 aromatic heterocycles. The van der Waals surface area contributed by atoms with E-state index in [0.29, 0.717) is 6.04 Å². The minimum absolute atomic E-state index is 0.0359. The monoisotopic (exact) mass is 223 g/mol. The van der Waals surface area contributed by atoms with Crippen molar-refractivity contribution in [1.82, 2.24) is 15.2 Å². The summed E-state index contributed by atoms with van der Waals surface area (Å²) in [5.74, 6) is 0. The molecule has 1 aromatic rings. The molecule has 16 heavy (non-hydrogen) atoms. The van der Waals surface area contributed by atoms with Gasteiger partial charge in [0, 0.05) is 37.9 Å². The number of nitrogens with zero attached hydrogens (tertiary/aromatic N) is 1. The average Bonchev–Trinajstić information content (AvgIpc) is 2.16. The lowest BCUT2D eigenvalue weighted by atomic mass is 10.2. The van der Waals surface area contributed by atoms with Gasteiger partial charge < -0.3 is 15.2 Å². The minimum Gasteiger partial charge on any atom is -0.329 e. The lowest BCUT2D eigenvalue weighted by Gasteiger charge is -2.17. The lowest BCUT2D eigenvalue weighted by molar-refractivity contribution is 0.320. The molecule has 2 N–H and O–H groups in total. The topological polar surface area (TPSA) is 48.1 Å². The number of H-pyrrole nitrogens is 1. The first-order valence-electron chi connectivity index (χ1n) is 5.67. The molecule has 4 heteroatoms. The Morgan fingerprint density at radius 1 is 1.50 bits per heavy atom. The summed E-state index contributed by atoms with van der Waals surface area (Å²) in [6.45, 7) is 7.03. The number of pyridine rings is 1. The van der Waals surface area contributed by atoms with Crippen LogP contribution in [-0.2, 0) is 6.54 Å². The van der Waals surface area contributed by atoms with Gasteiger partial charge in [0.05, 0.1) is 0 Å². The van der Waals surface area contributed by atoms with Gasteiger partial charge in [0.15, 0.2) is 0 Å². The van der Waals surface area contributed by atoms with Crippen LogP contribution in [0.25, 0.3) is 0 Å². The van der Waals surface area contributed by atoms with E-state index in [9.17, 15) is 4.79 Å². The lowest BCUT2D eigenvalue weighted by Crippen LogP contribution is -2.32. The van der Waals surface area contributed by atoms with Gasteiger partial charge in [-0.25, -0.2) is 0 Å². The Hall–Kier alpha value is -1.13. The zero-order valence-electron chi connectivity index (χ0n) is 10.3. The molecule has 1 rings (SSSR count). The summed E-state index contributed by atoms with van der Waals surface area (Å²) in [6, 6.07) is 4.10. The van der Waals surface area contributed by atoms with Gasteiger partial charge in [0.1, 0.15) is 0 Å². The molecule has 0 aromatic carbocycles. The Morgan fingerprint density at radius 2 is 2.25 bits per heavy atom. The molecular weight excluding hydrogens is 202 g/mol. The second-order valence-electron chi connectivity index (χ2n) is 4.41. The van der Waals surface area contributed by atoms with Crippen molar-refractivity contribution in [3.05, 3.63) is 34.2 Å². The fourth-order valence-corrected chi connectivity index (χ4v) is 1.52. The van der Waals surface area contributed by atoms with Crippen LogP contribution in [0.1, 0.15) is 19.4 Å². The maximum absolute atomic E-state index is 11.1. The van der Waals surface area contributed by atoms with Crippen LogP contribution < -0.4 is 10.9 Å². The molecule has 0 saturated heterocycles. The Morgan fingerprint density at radius 3 is 2.88 bits per heavy atom. The van der Waals surface area contributed by atoms with Crippen LogP contribution in [0.3, 0.4) is 0 Å². The number of aromatic nitrogens is 1. The van der Waals surface area contributed by atoms with Crippen molar-refractivity contribution < 1.29 is 0 Å². The third-order valence-corrected chi connectivity index (χ3v) is 2.34. The zero-order chi connectivity index (χ0) is 12.0. The van der Waals surface area contributed by atoms with E-state index in [1.165, 1.54) is 0 Å². The van der Waals surface area contributed by atoms with Crippen molar-refractivity contribution >= 4 is 0 Å². The van der Waals surface area contributed by atoms with Crippen LogP contribution in [0, 0.1) is 0 Å². The first-order valence-corrected chi connectivity index (χ1v) is 5.67. The first kappa shape index (κ1) is 12.9. The molecule has 0 aliphatic carbocycles. The van der Waals surface area contributed by atoms with Crippen molar-refractivity contribution in [1.29, 1.82) is 0 Å². The number of hydrogen-bond donors (Lipinski definition) is 2. The normalized spacial score (nSPS) is 11.3. The van der Waals surface area contributed by atoms with E-state index in [-0.39, 0.29) is 5.56 Å². The SMILES string of the molecule is CC(C)NCCN(C)Cc1cc[nH]c(=O)c1. The molecule has 0 amide bonds. The van der Waals surface area contributed by atoms with E-state index >= 15 is 0 Å². The quantitative estimate of drug-likeness (QED) is 0.750. The molecule has 0 spiro atoms. The van der Waals surface area contributed by atoms with E-state index < -0.39 is 0 Å². The summed E-state index contributed by atoms with van der Waals surface area (Å²) >= 11 is 0. The van der Waals surface area contributed by atoms with Crippen molar-refractivity contribution in [3.63, 3.8) is 0 Å². The van der Waals surface area contributed by atoms with Crippen LogP contribution in [-0.4, -0.2) is 36.1 Å². The van der Waals surface area contributed by atoms with Gasteiger partial charge in [-0.1, -0.05) is 13.8 Å². The first-order chi connectivity index (χ1) is 7.58. The Bertz CT molecular complexity index is 359. The van der Waals surface area contributed by atoms with Gasteiger partial charge in [-0.3, -0.25) is 4.79 Å². The zero-order valence-corrected chi connectivity index (χ0v) is 10.3. The Balaban J connectivity index is 2.34. The number of likely N-dealkylation sites (N-methyl/N-ethyl adjacent to an activating group) is 1. The largest absolute Gasteiger partial charge is 0.329 e. The Kier molecular flexibility index (Phi) is 5.22. The van der Waals surface area contributed by atoms with Crippen molar-refractivity contribution in [2.24, 2.45) is 0 Å². The van der Waals surface area contributed by atoms with Crippen molar-refractivity contribution in [2.75, 3.05) is 20.1 Å². The van der Waals surface area contributed by atoms with Gasteiger partial charge in [-0.05, 0) is 18.7 Å². The molecule has 0 atom stereocenters. The van der Waals surface area contributed by atoms with Gasteiger partial charge in [-0.2, -0.15) is 0 Å². The van der Waals surface area contributed by atoms with E-state index in [0.717, 1.165) is 25.2 Å². The molecule has 0 fully saturated rings. The van der Waals surface area contributed by atoms with Gasteiger partial charge in [0.25, 0.3) is 0 Å². The summed E-state index contributed by atoms with van der Waals surface area (Å²) in [5.41, 5.74) is 1.02. The highest BCUT2D eigenvalue weighted by molar-refractivity contribution is 5.09. The second-order valence-corrected chi connectivity index (χ2v) is 4.41. The van der Waals surface area contributed by atoms with Gasteiger partial charge in [-0.15, -0.1) is 0 Å². The van der Waals surface area contributed by atoms with Crippen molar-refractivity contribution in [2.45, 2.75) is 26.4 Å². The molecule has 0 unspecified atom stereocenters. The van der Waals surface area contributed by atoms with E-state index in [2.05, 4.69) is 36.1 Å². The summed E-state index contributed by atoms with van der Waals surface area (Å²) < 4.78 is 0. The molecule has 0 saturated carbocycles. The third-order valence-electron chi connectivity index (χ3n) is 2.34. The summed E-state index contributed by atoms with van der Waals surface area (Å²) in [5, 5.41) is 3.36. The fourth-order valence-electron chi connectivity index (χ4n) is 1.52. The molecule has 1 heterocycles.